The Labute approximate surface area is 108 Å². The maximum Gasteiger partial charge on any atom is 0.343 e. The maximum absolute atomic E-state index is 11.8. The lowest BCUT2D eigenvalue weighted by Gasteiger charge is -2.05. The van der Waals surface area contributed by atoms with E-state index in [0.717, 1.165) is 5.56 Å². The van der Waals surface area contributed by atoms with Crippen LogP contribution in [0.15, 0.2) is 54.6 Å². The second-order valence-corrected chi connectivity index (χ2v) is 3.52. The lowest BCUT2D eigenvalue weighted by atomic mass is 10.1. The summed E-state index contributed by atoms with van der Waals surface area (Å²) in [6.07, 6.45) is 0. The average molecular weight is 242 g/mol. The van der Waals surface area contributed by atoms with Crippen LogP contribution in [-0.4, -0.2) is 5.97 Å². The van der Waals surface area contributed by atoms with Gasteiger partial charge in [0.2, 0.25) is 0 Å². The van der Waals surface area contributed by atoms with Crippen molar-refractivity contribution in [2.45, 2.75) is 20.8 Å². The van der Waals surface area contributed by atoms with E-state index in [2.05, 4.69) is 0 Å². The van der Waals surface area contributed by atoms with E-state index >= 15 is 0 Å². The van der Waals surface area contributed by atoms with Gasteiger partial charge in [-0.3, -0.25) is 0 Å². The van der Waals surface area contributed by atoms with Crippen molar-refractivity contribution in [3.05, 3.63) is 65.7 Å². The van der Waals surface area contributed by atoms with E-state index in [4.69, 9.17) is 4.74 Å². The van der Waals surface area contributed by atoms with Crippen molar-refractivity contribution in [1.82, 2.24) is 0 Å². The molecule has 0 radical (unpaired) electrons. The van der Waals surface area contributed by atoms with Crippen LogP contribution in [0.5, 0.6) is 5.75 Å². The molecule has 0 unspecified atom stereocenters. The first-order valence-electron chi connectivity index (χ1n) is 6.10. The molecule has 94 valence electrons. The number of rotatable bonds is 2. The van der Waals surface area contributed by atoms with Gasteiger partial charge in [0, 0.05) is 0 Å². The molecule has 0 atom stereocenters. The van der Waals surface area contributed by atoms with Gasteiger partial charge in [-0.1, -0.05) is 50.2 Å². The third kappa shape index (κ3) is 3.74. The molecule has 0 N–H and O–H groups in total. The van der Waals surface area contributed by atoms with Crippen LogP contribution in [-0.2, 0) is 0 Å². The van der Waals surface area contributed by atoms with E-state index in [1.807, 2.05) is 57.2 Å². The summed E-state index contributed by atoms with van der Waals surface area (Å²) in [5.74, 6) is 0.250. The predicted octanol–water partition coefficient (Wildman–Crippen LogP) is 4.24. The zero-order chi connectivity index (χ0) is 13.4. The van der Waals surface area contributed by atoms with Gasteiger partial charge in [0.1, 0.15) is 5.75 Å². The van der Waals surface area contributed by atoms with Crippen molar-refractivity contribution >= 4 is 5.97 Å². The van der Waals surface area contributed by atoms with Gasteiger partial charge in [0.05, 0.1) is 5.56 Å². The topological polar surface area (TPSA) is 26.3 Å². The lowest BCUT2D eigenvalue weighted by molar-refractivity contribution is 0.0734. The number of hydrogen-bond donors (Lipinski definition) is 0. The van der Waals surface area contributed by atoms with Gasteiger partial charge in [-0.25, -0.2) is 4.79 Å². The van der Waals surface area contributed by atoms with Crippen LogP contribution in [0.2, 0.25) is 0 Å². The van der Waals surface area contributed by atoms with Crippen molar-refractivity contribution in [3.63, 3.8) is 0 Å². The molecule has 2 aromatic rings. The van der Waals surface area contributed by atoms with Crippen LogP contribution < -0.4 is 4.74 Å². The maximum atomic E-state index is 11.8. The summed E-state index contributed by atoms with van der Waals surface area (Å²) in [6, 6.07) is 16.4. The van der Waals surface area contributed by atoms with E-state index in [9.17, 15) is 4.79 Å². The molecule has 0 fully saturated rings. The number of para-hydroxylation sites is 1. The minimum Gasteiger partial charge on any atom is -0.423 e. The molecule has 0 aliphatic heterocycles. The first-order chi connectivity index (χ1) is 8.77. The van der Waals surface area contributed by atoms with Crippen LogP contribution in [0.3, 0.4) is 0 Å². The summed E-state index contributed by atoms with van der Waals surface area (Å²) < 4.78 is 5.24. The molecule has 2 rings (SSSR count). The highest BCUT2D eigenvalue weighted by Gasteiger charge is 2.09. The van der Waals surface area contributed by atoms with Crippen molar-refractivity contribution in [2.24, 2.45) is 0 Å². The summed E-state index contributed by atoms with van der Waals surface area (Å²) in [6.45, 7) is 5.89. The molecule has 0 aliphatic rings. The number of esters is 1. The van der Waals surface area contributed by atoms with Gasteiger partial charge >= 0.3 is 5.97 Å². The normalized spacial score (nSPS) is 9.06. The molecular formula is C16H18O2. The third-order valence-electron chi connectivity index (χ3n) is 2.32. The van der Waals surface area contributed by atoms with Gasteiger partial charge in [-0.15, -0.1) is 0 Å². The number of carbonyl (C=O) groups excluding carboxylic acids is 1. The first kappa shape index (κ1) is 14.0. The molecule has 0 saturated carbocycles. The van der Waals surface area contributed by atoms with Crippen LogP contribution in [0, 0.1) is 6.92 Å². The fourth-order valence-electron chi connectivity index (χ4n) is 1.45. The van der Waals surface area contributed by atoms with Crippen molar-refractivity contribution in [2.75, 3.05) is 0 Å². The quantitative estimate of drug-likeness (QED) is 0.581. The van der Waals surface area contributed by atoms with E-state index < -0.39 is 0 Å². The monoisotopic (exact) mass is 242 g/mol. The Balaban J connectivity index is 0.000000771. The van der Waals surface area contributed by atoms with Gasteiger partial charge in [-0.2, -0.15) is 0 Å². The van der Waals surface area contributed by atoms with Crippen LogP contribution >= 0.6 is 0 Å². The molecule has 0 spiro atoms. The van der Waals surface area contributed by atoms with E-state index in [1.54, 1.807) is 18.2 Å². The fraction of sp³-hybridized carbons (Fsp3) is 0.188. The Bertz CT molecular complexity index is 489. The summed E-state index contributed by atoms with van der Waals surface area (Å²) in [7, 11) is 0. The van der Waals surface area contributed by atoms with Gasteiger partial charge in [-0.05, 0) is 30.7 Å². The van der Waals surface area contributed by atoms with Gasteiger partial charge < -0.3 is 4.74 Å². The highest BCUT2D eigenvalue weighted by Crippen LogP contribution is 2.13. The van der Waals surface area contributed by atoms with Crippen molar-refractivity contribution in [1.29, 1.82) is 0 Å². The smallest absolute Gasteiger partial charge is 0.343 e. The minimum absolute atomic E-state index is 0.315. The summed E-state index contributed by atoms with van der Waals surface area (Å²) >= 11 is 0. The number of ether oxygens (including phenoxy) is 1. The van der Waals surface area contributed by atoms with E-state index in [0.29, 0.717) is 11.3 Å². The molecule has 2 aromatic carbocycles. The Morgan fingerprint density at radius 2 is 1.44 bits per heavy atom. The number of hydrogen-bond acceptors (Lipinski definition) is 2. The van der Waals surface area contributed by atoms with Crippen LogP contribution in [0.25, 0.3) is 0 Å². The molecule has 0 amide bonds. The van der Waals surface area contributed by atoms with Gasteiger partial charge in [0.15, 0.2) is 0 Å². The third-order valence-corrected chi connectivity index (χ3v) is 2.32. The molecule has 0 bridgehead atoms. The second kappa shape index (κ2) is 7.28. The second-order valence-electron chi connectivity index (χ2n) is 3.52. The Morgan fingerprint density at radius 3 is 2.06 bits per heavy atom. The number of benzene rings is 2. The molecule has 2 heteroatoms. The van der Waals surface area contributed by atoms with E-state index in [-0.39, 0.29) is 5.97 Å². The van der Waals surface area contributed by atoms with Crippen molar-refractivity contribution < 1.29 is 9.53 Å². The molecule has 0 heterocycles. The van der Waals surface area contributed by atoms with Crippen LogP contribution in [0.1, 0.15) is 29.8 Å². The first-order valence-corrected chi connectivity index (χ1v) is 6.10. The predicted molar refractivity (Wildman–Crippen MR) is 73.9 cm³/mol. The molecule has 18 heavy (non-hydrogen) atoms. The average Bonchev–Trinajstić information content (AvgIpc) is 2.42. The number of carbonyl (C=O) groups is 1. The molecule has 0 aromatic heterocycles. The Morgan fingerprint density at radius 1 is 0.889 bits per heavy atom. The molecule has 0 saturated heterocycles. The zero-order valence-electron chi connectivity index (χ0n) is 11.0. The lowest BCUT2D eigenvalue weighted by Crippen LogP contribution is -2.09. The standard InChI is InChI=1S/C14H12O2.C2H6/c1-11-7-5-6-10-13(11)14(15)16-12-8-3-2-4-9-12;1-2/h2-10H,1H3;1-2H3. The number of aryl methyl sites for hydroxylation is 1. The Hall–Kier alpha value is -2.09. The minimum atomic E-state index is -0.315. The SMILES string of the molecule is CC.Cc1ccccc1C(=O)Oc1ccccc1. The molecule has 2 nitrogen and oxygen atoms in total. The zero-order valence-corrected chi connectivity index (χ0v) is 11.0. The highest BCUT2D eigenvalue weighted by molar-refractivity contribution is 5.92. The molecule has 0 aliphatic carbocycles. The van der Waals surface area contributed by atoms with Crippen molar-refractivity contribution in [3.8, 4) is 5.75 Å². The van der Waals surface area contributed by atoms with Gasteiger partial charge in [0.25, 0.3) is 0 Å². The summed E-state index contributed by atoms with van der Waals surface area (Å²) in [5.41, 5.74) is 1.52. The van der Waals surface area contributed by atoms with Crippen LogP contribution in [0.4, 0.5) is 0 Å². The summed E-state index contributed by atoms with van der Waals surface area (Å²) in [5, 5.41) is 0. The largest absolute Gasteiger partial charge is 0.423 e. The van der Waals surface area contributed by atoms with E-state index in [1.165, 1.54) is 0 Å². The summed E-state index contributed by atoms with van der Waals surface area (Å²) in [4.78, 5) is 11.8. The molecular weight excluding hydrogens is 224 g/mol. The fourth-order valence-corrected chi connectivity index (χ4v) is 1.45. The Kier molecular flexibility index (Phi) is 5.65. The highest BCUT2D eigenvalue weighted by atomic mass is 16.5.